The van der Waals surface area contributed by atoms with Gasteiger partial charge in [0.2, 0.25) is 11.8 Å². The van der Waals surface area contributed by atoms with Gasteiger partial charge in [0.05, 0.1) is 27.7 Å². The monoisotopic (exact) mass is 651 g/mol. The van der Waals surface area contributed by atoms with E-state index in [1.165, 1.54) is 42.3 Å². The minimum Gasteiger partial charge on any atom is -0.497 e. The molecule has 0 radical (unpaired) electrons. The molecule has 2 amide bonds. The number of ether oxygens (including phenoxy) is 1. The van der Waals surface area contributed by atoms with Crippen molar-refractivity contribution in [3.05, 3.63) is 87.4 Å². The highest BCUT2D eigenvalue weighted by molar-refractivity contribution is 7.92. The average Bonchev–Trinajstić information content (AvgIpc) is 3.49. The molecule has 0 saturated heterocycles. The van der Waals surface area contributed by atoms with Crippen molar-refractivity contribution in [1.29, 1.82) is 0 Å². The fourth-order valence-electron chi connectivity index (χ4n) is 4.84. The molecule has 0 bridgehead atoms. The number of anilines is 1. The lowest BCUT2D eigenvalue weighted by atomic mass is 10.1. The predicted octanol–water partition coefficient (Wildman–Crippen LogP) is 6.33. The standard InChI is InChI=1S/C30H32Cl3N3O5S/c1-20(30(38)34-23-7-3-4-8-23)35(18-21-10-15-27(32)28(33)16-21)29(37)19-36(24-9-5-6-22(31)17-24)42(39,40)26-13-11-25(41-2)12-14-26/h5-6,9-17,20,23H,3-4,7-8,18-19H2,1-2H3,(H,34,38)/t20-/m0/s1. The van der Waals surface area contributed by atoms with Gasteiger partial charge in [0.25, 0.3) is 10.0 Å². The van der Waals surface area contributed by atoms with Gasteiger partial charge in [-0.1, -0.05) is 59.8 Å². The van der Waals surface area contributed by atoms with E-state index < -0.39 is 28.5 Å². The zero-order valence-corrected chi connectivity index (χ0v) is 26.3. The Morgan fingerprint density at radius 2 is 1.67 bits per heavy atom. The number of hydrogen-bond acceptors (Lipinski definition) is 5. The van der Waals surface area contributed by atoms with Crippen LogP contribution in [0.4, 0.5) is 5.69 Å². The fourth-order valence-corrected chi connectivity index (χ4v) is 6.76. The van der Waals surface area contributed by atoms with Gasteiger partial charge >= 0.3 is 0 Å². The van der Waals surface area contributed by atoms with Gasteiger partial charge in [0.1, 0.15) is 18.3 Å². The number of rotatable bonds is 11. The Morgan fingerprint density at radius 1 is 0.976 bits per heavy atom. The van der Waals surface area contributed by atoms with Crippen molar-refractivity contribution in [3.63, 3.8) is 0 Å². The van der Waals surface area contributed by atoms with Crippen molar-refractivity contribution in [2.24, 2.45) is 0 Å². The smallest absolute Gasteiger partial charge is 0.264 e. The van der Waals surface area contributed by atoms with Crippen LogP contribution >= 0.6 is 34.8 Å². The summed E-state index contributed by atoms with van der Waals surface area (Å²) >= 11 is 18.6. The van der Waals surface area contributed by atoms with Gasteiger partial charge < -0.3 is 15.0 Å². The molecule has 1 N–H and O–H groups in total. The molecule has 0 unspecified atom stereocenters. The first-order chi connectivity index (χ1) is 20.0. The Morgan fingerprint density at radius 3 is 2.29 bits per heavy atom. The highest BCUT2D eigenvalue weighted by Crippen LogP contribution is 2.29. The highest BCUT2D eigenvalue weighted by Gasteiger charge is 2.33. The maximum absolute atomic E-state index is 14.1. The van der Waals surface area contributed by atoms with E-state index in [0.29, 0.717) is 26.4 Å². The fraction of sp³-hybridized carbons (Fsp3) is 0.333. The first kappa shape index (κ1) is 31.9. The molecule has 1 atom stereocenters. The van der Waals surface area contributed by atoms with E-state index in [2.05, 4.69) is 5.32 Å². The van der Waals surface area contributed by atoms with E-state index in [1.807, 2.05) is 0 Å². The summed E-state index contributed by atoms with van der Waals surface area (Å²) in [6, 6.07) is 16.2. The SMILES string of the molecule is COc1ccc(S(=O)(=O)N(CC(=O)N(Cc2ccc(Cl)c(Cl)c2)[C@@H](C)C(=O)NC2CCCC2)c2cccc(Cl)c2)cc1. The third kappa shape index (κ3) is 7.69. The number of sulfonamides is 1. The van der Waals surface area contributed by atoms with Crippen molar-refractivity contribution in [2.45, 2.75) is 56.1 Å². The summed E-state index contributed by atoms with van der Waals surface area (Å²) in [6.07, 6.45) is 3.82. The van der Waals surface area contributed by atoms with E-state index in [9.17, 15) is 18.0 Å². The highest BCUT2D eigenvalue weighted by atomic mass is 35.5. The minimum absolute atomic E-state index is 0.000937. The molecule has 8 nitrogen and oxygen atoms in total. The van der Waals surface area contributed by atoms with E-state index in [0.717, 1.165) is 30.0 Å². The largest absolute Gasteiger partial charge is 0.497 e. The maximum Gasteiger partial charge on any atom is 0.264 e. The van der Waals surface area contributed by atoms with Crippen molar-refractivity contribution < 1.29 is 22.7 Å². The van der Waals surface area contributed by atoms with Gasteiger partial charge in [0.15, 0.2) is 0 Å². The molecule has 1 fully saturated rings. The molecule has 224 valence electrons. The molecule has 4 rings (SSSR count). The van der Waals surface area contributed by atoms with Gasteiger partial charge in [-0.15, -0.1) is 0 Å². The van der Waals surface area contributed by atoms with E-state index in [-0.39, 0.29) is 29.1 Å². The second-order valence-electron chi connectivity index (χ2n) is 10.1. The van der Waals surface area contributed by atoms with Crippen LogP contribution in [0.3, 0.4) is 0 Å². The summed E-state index contributed by atoms with van der Waals surface area (Å²) < 4.78 is 34.0. The number of nitrogens with one attached hydrogen (secondary N) is 1. The number of nitrogens with zero attached hydrogens (tertiary/aromatic N) is 2. The Kier molecular flexibility index (Phi) is 10.6. The average molecular weight is 653 g/mol. The van der Waals surface area contributed by atoms with Crippen LogP contribution < -0.4 is 14.4 Å². The summed E-state index contributed by atoms with van der Waals surface area (Å²) in [7, 11) is -2.76. The van der Waals surface area contributed by atoms with Crippen molar-refractivity contribution in [2.75, 3.05) is 18.0 Å². The van der Waals surface area contributed by atoms with Crippen LogP contribution in [0.5, 0.6) is 5.75 Å². The molecule has 1 aliphatic rings. The maximum atomic E-state index is 14.1. The van der Waals surface area contributed by atoms with Crippen LogP contribution in [0.15, 0.2) is 71.6 Å². The Balaban J connectivity index is 1.70. The molecule has 12 heteroatoms. The molecule has 42 heavy (non-hydrogen) atoms. The lowest BCUT2D eigenvalue weighted by Gasteiger charge is -2.32. The Hall–Kier alpha value is -2.98. The zero-order valence-electron chi connectivity index (χ0n) is 23.2. The molecule has 0 aliphatic heterocycles. The van der Waals surface area contributed by atoms with Gasteiger partial charge in [-0.05, 0) is 79.9 Å². The number of carbonyl (C=O) groups excluding carboxylic acids is 2. The number of hydrogen-bond donors (Lipinski definition) is 1. The van der Waals surface area contributed by atoms with Crippen molar-refractivity contribution in [1.82, 2.24) is 10.2 Å². The normalized spacial score (nSPS) is 14.3. The molecule has 1 aliphatic carbocycles. The lowest BCUT2D eigenvalue weighted by Crippen LogP contribution is -2.52. The second-order valence-corrected chi connectivity index (χ2v) is 13.2. The lowest BCUT2D eigenvalue weighted by molar-refractivity contribution is -0.139. The second kappa shape index (κ2) is 14.0. The van der Waals surface area contributed by atoms with Crippen LogP contribution in [0.1, 0.15) is 38.2 Å². The first-order valence-electron chi connectivity index (χ1n) is 13.5. The quantitative estimate of drug-likeness (QED) is 0.261. The molecule has 3 aromatic carbocycles. The number of benzene rings is 3. The van der Waals surface area contributed by atoms with Gasteiger partial charge in [-0.3, -0.25) is 13.9 Å². The van der Waals surface area contributed by atoms with Crippen LogP contribution in [0, 0.1) is 0 Å². The minimum atomic E-state index is -4.24. The van der Waals surface area contributed by atoms with Gasteiger partial charge in [-0.25, -0.2) is 8.42 Å². The number of halogens is 3. The van der Waals surface area contributed by atoms with E-state index in [1.54, 1.807) is 43.3 Å². The molecule has 3 aromatic rings. The zero-order chi connectivity index (χ0) is 30.4. The summed E-state index contributed by atoms with van der Waals surface area (Å²) in [5.74, 6) is -0.427. The molecular weight excluding hydrogens is 621 g/mol. The van der Waals surface area contributed by atoms with Crippen molar-refractivity contribution in [3.8, 4) is 5.75 Å². The van der Waals surface area contributed by atoms with Crippen LogP contribution in [0.2, 0.25) is 15.1 Å². The Labute approximate surface area is 261 Å². The third-order valence-corrected chi connectivity index (χ3v) is 9.99. The summed E-state index contributed by atoms with van der Waals surface area (Å²) in [5.41, 5.74) is 0.829. The van der Waals surface area contributed by atoms with Crippen molar-refractivity contribution >= 4 is 62.3 Å². The van der Waals surface area contributed by atoms with E-state index in [4.69, 9.17) is 39.5 Å². The number of carbonyl (C=O) groups is 2. The predicted molar refractivity (Wildman–Crippen MR) is 166 cm³/mol. The number of amides is 2. The molecule has 0 aromatic heterocycles. The molecule has 0 heterocycles. The summed E-state index contributed by atoms with van der Waals surface area (Å²) in [5, 5.41) is 3.98. The summed E-state index contributed by atoms with van der Waals surface area (Å²) in [6.45, 7) is 1.04. The third-order valence-electron chi connectivity index (χ3n) is 7.23. The van der Waals surface area contributed by atoms with Crippen LogP contribution in [0.25, 0.3) is 0 Å². The van der Waals surface area contributed by atoms with E-state index >= 15 is 0 Å². The molecule has 1 saturated carbocycles. The van der Waals surface area contributed by atoms with Gasteiger partial charge in [-0.2, -0.15) is 0 Å². The van der Waals surface area contributed by atoms with Crippen LogP contribution in [-0.2, 0) is 26.2 Å². The topological polar surface area (TPSA) is 96.0 Å². The van der Waals surface area contributed by atoms with Crippen LogP contribution in [-0.4, -0.2) is 50.9 Å². The van der Waals surface area contributed by atoms with Gasteiger partial charge in [0, 0.05) is 17.6 Å². The molecular formula is C30H32Cl3N3O5S. The Bertz CT molecular complexity index is 1530. The first-order valence-corrected chi connectivity index (χ1v) is 16.0. The number of methoxy groups -OCH3 is 1. The molecule has 0 spiro atoms. The summed E-state index contributed by atoms with van der Waals surface area (Å²) in [4.78, 5) is 28.7.